The first-order valence-corrected chi connectivity index (χ1v) is 14.9. The molecular weight excluding hydrogens is 575 g/mol. The van der Waals surface area contributed by atoms with Gasteiger partial charge in [-0.15, -0.1) is 0 Å². The predicted octanol–water partition coefficient (Wildman–Crippen LogP) is 3.24. The van der Waals surface area contributed by atoms with Crippen molar-refractivity contribution in [3.8, 4) is 0 Å². The van der Waals surface area contributed by atoms with Gasteiger partial charge in [-0.25, -0.2) is 4.98 Å². The van der Waals surface area contributed by atoms with Gasteiger partial charge >= 0.3 is 6.18 Å². The third kappa shape index (κ3) is 5.97. The highest BCUT2D eigenvalue weighted by Gasteiger charge is 2.51. The van der Waals surface area contributed by atoms with Crippen molar-refractivity contribution in [1.82, 2.24) is 20.5 Å². The van der Waals surface area contributed by atoms with E-state index in [0.29, 0.717) is 50.8 Å². The molecule has 6 rings (SSSR count). The van der Waals surface area contributed by atoms with E-state index in [1.165, 1.54) is 0 Å². The molecular formula is C31H36F3N7O3. The van der Waals surface area contributed by atoms with Crippen molar-refractivity contribution < 1.29 is 27.5 Å². The van der Waals surface area contributed by atoms with E-state index in [1.807, 2.05) is 17.9 Å². The van der Waals surface area contributed by atoms with Gasteiger partial charge in [0.05, 0.1) is 35.7 Å². The van der Waals surface area contributed by atoms with Crippen LogP contribution in [0.15, 0.2) is 70.3 Å². The van der Waals surface area contributed by atoms with E-state index < -0.39 is 29.0 Å². The highest BCUT2D eigenvalue weighted by molar-refractivity contribution is 5.98. The number of aromatic nitrogens is 1. The van der Waals surface area contributed by atoms with Crippen LogP contribution in [0.2, 0.25) is 0 Å². The molecule has 3 unspecified atom stereocenters. The molecule has 10 nitrogen and oxygen atoms in total. The monoisotopic (exact) mass is 611 g/mol. The predicted molar refractivity (Wildman–Crippen MR) is 158 cm³/mol. The van der Waals surface area contributed by atoms with Crippen LogP contribution in [0.1, 0.15) is 38.2 Å². The maximum Gasteiger partial charge on any atom is 0.416 e. The summed E-state index contributed by atoms with van der Waals surface area (Å²) in [4.78, 5) is 36.6. The molecule has 2 saturated heterocycles. The number of likely N-dealkylation sites (tertiary alicyclic amines) is 1. The molecule has 2 fully saturated rings. The van der Waals surface area contributed by atoms with Gasteiger partial charge in [0.25, 0.3) is 0 Å². The van der Waals surface area contributed by atoms with Crippen molar-refractivity contribution in [3.05, 3.63) is 70.9 Å². The molecule has 2 aliphatic carbocycles. The number of halogens is 3. The number of hydrogen-bond donors (Lipinski definition) is 4. The van der Waals surface area contributed by atoms with Crippen LogP contribution in [-0.2, 0) is 20.5 Å². The summed E-state index contributed by atoms with van der Waals surface area (Å²) in [6.45, 7) is 5.52. The van der Waals surface area contributed by atoms with Gasteiger partial charge in [-0.05, 0) is 50.3 Å². The van der Waals surface area contributed by atoms with Crippen LogP contribution in [0.5, 0.6) is 0 Å². The SMILES string of the molecule is CC1(C(=O)N2CCCC3(C=C3N/C(C3=CCC(C(=O)Nc4cc(C(F)(F)F)ccn4)C=C3)=C3\NCCN=C3N)C2)CCOC1. The summed E-state index contributed by atoms with van der Waals surface area (Å²) >= 11 is 0. The van der Waals surface area contributed by atoms with E-state index in [2.05, 4.69) is 32.0 Å². The second-order valence-electron chi connectivity index (χ2n) is 12.3. The summed E-state index contributed by atoms with van der Waals surface area (Å²) in [5, 5.41) is 9.42. The summed E-state index contributed by atoms with van der Waals surface area (Å²) in [5.74, 6) is -0.710. The molecule has 1 aromatic rings. The lowest BCUT2D eigenvalue weighted by atomic mass is 9.85. The zero-order chi connectivity index (χ0) is 31.1. The van der Waals surface area contributed by atoms with Crippen LogP contribution < -0.4 is 21.7 Å². The van der Waals surface area contributed by atoms with E-state index in [4.69, 9.17) is 10.5 Å². The van der Waals surface area contributed by atoms with Crippen LogP contribution in [0.4, 0.5) is 19.0 Å². The van der Waals surface area contributed by atoms with Gasteiger partial charge in [0.1, 0.15) is 17.4 Å². The molecule has 4 heterocycles. The lowest BCUT2D eigenvalue weighted by molar-refractivity contribution is -0.143. The smallest absolute Gasteiger partial charge is 0.382 e. The zero-order valence-corrected chi connectivity index (χ0v) is 24.5. The maximum absolute atomic E-state index is 13.4. The summed E-state index contributed by atoms with van der Waals surface area (Å²) in [6.07, 6.45) is 6.93. The molecule has 13 heteroatoms. The minimum absolute atomic E-state index is 0.139. The number of pyridine rings is 1. The standard InChI is InChI=1S/C31H36F3N7O3/c1-29(9-14-44-18-29)28(43)41-13-2-8-30(17-41)16-22(30)39-24(25-26(35)38-12-11-37-25)19-3-5-20(6-4-19)27(42)40-23-15-21(7-10-36-23)31(32,33)34/h3-5,7,10,15-16,20,37,39H,2,6,8-9,11-14,17-18H2,1H3,(H2,35,38)(H,36,40,42)/b25-24-. The number of alkyl halides is 3. The first-order valence-electron chi connectivity index (χ1n) is 14.9. The average molecular weight is 612 g/mol. The Morgan fingerprint density at radius 3 is 2.80 bits per heavy atom. The van der Waals surface area contributed by atoms with Crippen LogP contribution in [-0.4, -0.2) is 66.9 Å². The number of amides is 2. The number of amidine groups is 1. The first kappa shape index (κ1) is 29.9. The Bertz CT molecular complexity index is 1510. The van der Waals surface area contributed by atoms with Gasteiger partial charge in [0.15, 0.2) is 0 Å². The fraction of sp³-hybridized carbons (Fsp3) is 0.484. The number of carbonyl (C=O) groups excluding carboxylic acids is 2. The molecule has 44 heavy (non-hydrogen) atoms. The molecule has 2 amide bonds. The zero-order valence-electron chi connectivity index (χ0n) is 24.5. The van der Waals surface area contributed by atoms with Gasteiger partial charge in [-0.2, -0.15) is 13.2 Å². The lowest BCUT2D eigenvalue weighted by Crippen LogP contribution is -2.49. The molecule has 0 bridgehead atoms. The van der Waals surface area contributed by atoms with E-state index in [0.717, 1.165) is 61.1 Å². The number of nitrogens with zero attached hydrogens (tertiary/aromatic N) is 3. The van der Waals surface area contributed by atoms with E-state index >= 15 is 0 Å². The van der Waals surface area contributed by atoms with Crippen LogP contribution in [0.3, 0.4) is 0 Å². The summed E-state index contributed by atoms with van der Waals surface area (Å²) in [7, 11) is 0. The number of carbonyl (C=O) groups is 2. The first-order chi connectivity index (χ1) is 21.0. The van der Waals surface area contributed by atoms with E-state index in [-0.39, 0.29) is 17.1 Å². The number of rotatable bonds is 6. The minimum atomic E-state index is -4.54. The Morgan fingerprint density at radius 2 is 2.09 bits per heavy atom. The van der Waals surface area contributed by atoms with Gasteiger partial charge in [-0.1, -0.05) is 24.3 Å². The number of anilines is 1. The molecule has 234 valence electrons. The molecule has 5 aliphatic rings. The highest BCUT2D eigenvalue weighted by atomic mass is 19.4. The average Bonchev–Trinajstić information content (AvgIpc) is 3.43. The topological polar surface area (TPSA) is 134 Å². The number of aliphatic imine (C=N–C) groups is 1. The summed E-state index contributed by atoms with van der Waals surface area (Å²) < 4.78 is 44.8. The number of hydrogen-bond acceptors (Lipinski definition) is 8. The van der Waals surface area contributed by atoms with Crippen LogP contribution in [0.25, 0.3) is 0 Å². The van der Waals surface area contributed by atoms with Gasteiger partial charge < -0.3 is 31.3 Å². The molecule has 3 aliphatic heterocycles. The number of nitrogens with two attached hydrogens (primary N) is 1. The normalized spacial score (nSPS) is 29.3. The van der Waals surface area contributed by atoms with Crippen molar-refractivity contribution in [2.45, 2.75) is 38.8 Å². The minimum Gasteiger partial charge on any atom is -0.382 e. The third-order valence-electron chi connectivity index (χ3n) is 8.95. The van der Waals surface area contributed by atoms with E-state index in [9.17, 15) is 22.8 Å². The highest BCUT2D eigenvalue weighted by Crippen LogP contribution is 2.50. The number of nitrogens with one attached hydrogen (secondary N) is 3. The van der Waals surface area contributed by atoms with Crippen LogP contribution >= 0.6 is 0 Å². The molecule has 1 spiro atoms. The number of allylic oxidation sites excluding steroid dienone is 2. The fourth-order valence-electron chi connectivity index (χ4n) is 6.26. The molecule has 3 atom stereocenters. The lowest BCUT2D eigenvalue weighted by Gasteiger charge is -2.38. The quantitative estimate of drug-likeness (QED) is 0.388. The van der Waals surface area contributed by atoms with Crippen molar-refractivity contribution in [2.24, 2.45) is 27.5 Å². The molecule has 5 N–H and O–H groups in total. The van der Waals surface area contributed by atoms with Gasteiger partial charge in [-0.3, -0.25) is 14.6 Å². The van der Waals surface area contributed by atoms with Gasteiger partial charge in [0, 0.05) is 43.6 Å². The van der Waals surface area contributed by atoms with Gasteiger partial charge in [0.2, 0.25) is 11.8 Å². The number of piperidine rings is 1. The Kier molecular flexibility index (Phi) is 7.76. The molecule has 1 aromatic heterocycles. The molecule has 0 saturated carbocycles. The largest absolute Gasteiger partial charge is 0.416 e. The Balaban J connectivity index is 1.15. The Hall–Kier alpha value is -4.13. The Labute approximate surface area is 253 Å². The molecule has 0 aromatic carbocycles. The second-order valence-corrected chi connectivity index (χ2v) is 12.3. The van der Waals surface area contributed by atoms with Crippen molar-refractivity contribution in [2.75, 3.05) is 44.7 Å². The van der Waals surface area contributed by atoms with Crippen molar-refractivity contribution in [3.63, 3.8) is 0 Å². The maximum atomic E-state index is 13.4. The summed E-state index contributed by atoms with van der Waals surface area (Å²) in [6, 6.07) is 1.67. The van der Waals surface area contributed by atoms with E-state index in [1.54, 1.807) is 12.2 Å². The number of ether oxygens (including phenoxy) is 1. The Morgan fingerprint density at radius 1 is 1.25 bits per heavy atom. The van der Waals surface area contributed by atoms with Crippen molar-refractivity contribution >= 4 is 23.5 Å². The van der Waals surface area contributed by atoms with Crippen LogP contribution in [0, 0.1) is 16.7 Å². The molecule has 0 radical (unpaired) electrons. The summed E-state index contributed by atoms with van der Waals surface area (Å²) in [5.41, 5.74) is 7.89. The third-order valence-corrected chi connectivity index (χ3v) is 8.95. The fourth-order valence-corrected chi connectivity index (χ4v) is 6.26. The van der Waals surface area contributed by atoms with Crippen molar-refractivity contribution in [1.29, 1.82) is 0 Å². The second kappa shape index (κ2) is 11.4.